The Hall–Kier alpha value is -3.68. The maximum Gasteiger partial charge on any atom is 0.513 e. The highest BCUT2D eigenvalue weighted by Crippen LogP contribution is 2.29. The predicted octanol–water partition coefficient (Wildman–Crippen LogP) is 2.63. The van der Waals surface area contributed by atoms with Gasteiger partial charge < -0.3 is 19.5 Å². The summed E-state index contributed by atoms with van der Waals surface area (Å²) in [5, 5.41) is 2.23. The van der Waals surface area contributed by atoms with Crippen molar-refractivity contribution in [2.24, 2.45) is 0 Å². The number of para-hydroxylation sites is 2. The maximum absolute atomic E-state index is 13.0. The summed E-state index contributed by atoms with van der Waals surface area (Å²) in [4.78, 5) is 47.3. The van der Waals surface area contributed by atoms with Crippen LogP contribution in [0.2, 0.25) is 0 Å². The van der Waals surface area contributed by atoms with Gasteiger partial charge in [-0.3, -0.25) is 9.59 Å². The largest absolute Gasteiger partial charge is 0.513 e. The van der Waals surface area contributed by atoms with Crippen LogP contribution in [0.3, 0.4) is 0 Å². The number of hydrogen-bond donors (Lipinski definition) is 1. The summed E-state index contributed by atoms with van der Waals surface area (Å²) in [6, 6.07) is 10.2. The molecule has 0 bridgehead atoms. The van der Waals surface area contributed by atoms with E-state index in [1.807, 2.05) is 0 Å². The normalized spacial score (nSPS) is 9.85. The lowest BCUT2D eigenvalue weighted by atomic mass is 9.99. The van der Waals surface area contributed by atoms with Crippen molar-refractivity contribution in [2.45, 2.75) is 6.92 Å². The van der Waals surface area contributed by atoms with Gasteiger partial charge in [-0.25, -0.2) is 9.59 Å². The fourth-order valence-electron chi connectivity index (χ4n) is 2.18. The SMILES string of the molecule is CCOC(=O)Oc1ccccc1C(=O)c1cccc([C]=O)c1OC(=O)NC. The van der Waals surface area contributed by atoms with Crippen molar-refractivity contribution >= 4 is 24.3 Å². The van der Waals surface area contributed by atoms with E-state index in [1.54, 1.807) is 25.3 Å². The van der Waals surface area contributed by atoms with Crippen molar-refractivity contribution in [1.82, 2.24) is 5.32 Å². The van der Waals surface area contributed by atoms with Crippen molar-refractivity contribution in [2.75, 3.05) is 13.7 Å². The first kappa shape index (κ1) is 19.6. The molecule has 0 atom stereocenters. The van der Waals surface area contributed by atoms with Gasteiger partial charge >= 0.3 is 12.2 Å². The summed E-state index contributed by atoms with van der Waals surface area (Å²) in [5.74, 6) is -0.902. The lowest BCUT2D eigenvalue weighted by Crippen LogP contribution is -2.24. The van der Waals surface area contributed by atoms with Gasteiger partial charge in [-0.2, -0.15) is 0 Å². The Morgan fingerprint density at radius 3 is 2.37 bits per heavy atom. The number of hydrogen-bond acceptors (Lipinski definition) is 7. The summed E-state index contributed by atoms with van der Waals surface area (Å²) in [6.45, 7) is 1.72. The van der Waals surface area contributed by atoms with E-state index < -0.39 is 18.0 Å². The number of ether oxygens (including phenoxy) is 3. The highest BCUT2D eigenvalue weighted by molar-refractivity contribution is 6.13. The molecule has 8 heteroatoms. The van der Waals surface area contributed by atoms with Crippen LogP contribution in [-0.4, -0.2) is 38.0 Å². The molecule has 0 aliphatic carbocycles. The average molecular weight is 370 g/mol. The predicted molar refractivity (Wildman–Crippen MR) is 93.8 cm³/mol. The van der Waals surface area contributed by atoms with Gasteiger partial charge in [0.05, 0.1) is 23.3 Å². The van der Waals surface area contributed by atoms with E-state index in [9.17, 15) is 19.2 Å². The maximum atomic E-state index is 13.0. The zero-order valence-corrected chi connectivity index (χ0v) is 14.6. The molecule has 1 radical (unpaired) electrons. The number of amides is 1. The highest BCUT2D eigenvalue weighted by Gasteiger charge is 2.23. The van der Waals surface area contributed by atoms with Gasteiger partial charge in [0.25, 0.3) is 0 Å². The van der Waals surface area contributed by atoms with Crippen molar-refractivity contribution in [3.8, 4) is 11.5 Å². The fraction of sp³-hybridized carbons (Fsp3) is 0.158. The molecule has 1 N–H and O–H groups in total. The van der Waals surface area contributed by atoms with Crippen LogP contribution >= 0.6 is 0 Å². The molecule has 0 aromatic heterocycles. The van der Waals surface area contributed by atoms with Crippen LogP contribution < -0.4 is 14.8 Å². The standard InChI is InChI=1S/C19H16NO7/c1-3-25-19(24)26-15-10-5-4-8-13(15)16(22)14-9-6-7-12(11-21)17(14)27-18(23)20-2/h4-10H,3H2,1-2H3,(H,20,23). The Labute approximate surface area is 155 Å². The van der Waals surface area contributed by atoms with Crippen molar-refractivity contribution < 1.29 is 33.4 Å². The summed E-state index contributed by atoms with van der Waals surface area (Å²) in [7, 11) is 1.33. The quantitative estimate of drug-likeness (QED) is 0.473. The number of carbonyl (C=O) groups is 3. The van der Waals surface area contributed by atoms with E-state index in [-0.39, 0.29) is 34.8 Å². The van der Waals surface area contributed by atoms with Crippen LogP contribution in [0.4, 0.5) is 9.59 Å². The number of nitrogens with one attached hydrogen (secondary N) is 1. The molecule has 0 aliphatic heterocycles. The number of ketones is 1. The monoisotopic (exact) mass is 370 g/mol. The summed E-state index contributed by atoms with van der Waals surface area (Å²) in [5.41, 5.74) is -0.150. The second-order valence-corrected chi connectivity index (χ2v) is 5.03. The molecule has 0 fully saturated rings. The third-order valence-corrected chi connectivity index (χ3v) is 3.36. The van der Waals surface area contributed by atoms with E-state index in [2.05, 4.69) is 5.32 Å². The Balaban J connectivity index is 2.48. The first-order valence-corrected chi connectivity index (χ1v) is 7.90. The van der Waals surface area contributed by atoms with Crippen molar-refractivity contribution in [1.29, 1.82) is 0 Å². The van der Waals surface area contributed by atoms with Crippen LogP contribution in [0.5, 0.6) is 11.5 Å². The smallest absolute Gasteiger partial charge is 0.434 e. The molecule has 2 aromatic rings. The van der Waals surface area contributed by atoms with Crippen LogP contribution in [0, 0.1) is 0 Å². The molecule has 0 heterocycles. The molecule has 0 spiro atoms. The van der Waals surface area contributed by atoms with E-state index in [0.29, 0.717) is 0 Å². The number of benzene rings is 2. The lowest BCUT2D eigenvalue weighted by molar-refractivity contribution is 0.100. The topological polar surface area (TPSA) is 108 Å². The molecular formula is C19H16NO7. The fourth-order valence-corrected chi connectivity index (χ4v) is 2.18. The Morgan fingerprint density at radius 2 is 1.70 bits per heavy atom. The number of rotatable bonds is 6. The minimum Gasteiger partial charge on any atom is -0.434 e. The summed E-state index contributed by atoms with van der Waals surface area (Å²) in [6.07, 6.45) is -0.199. The van der Waals surface area contributed by atoms with Gasteiger partial charge in [-0.05, 0) is 31.2 Å². The van der Waals surface area contributed by atoms with Gasteiger partial charge in [-0.15, -0.1) is 0 Å². The molecule has 0 saturated carbocycles. The first-order chi connectivity index (χ1) is 13.0. The Morgan fingerprint density at radius 1 is 1.00 bits per heavy atom. The molecule has 8 nitrogen and oxygen atoms in total. The molecule has 139 valence electrons. The average Bonchev–Trinajstić information content (AvgIpc) is 2.68. The van der Waals surface area contributed by atoms with Gasteiger partial charge in [0.2, 0.25) is 12.1 Å². The van der Waals surface area contributed by atoms with Gasteiger partial charge in [-0.1, -0.05) is 18.2 Å². The third-order valence-electron chi connectivity index (χ3n) is 3.36. The molecule has 1 amide bonds. The third kappa shape index (κ3) is 4.69. The summed E-state index contributed by atoms with van der Waals surface area (Å²) < 4.78 is 14.8. The van der Waals surface area contributed by atoms with Crippen molar-refractivity contribution in [3.63, 3.8) is 0 Å². The van der Waals surface area contributed by atoms with Gasteiger partial charge in [0.15, 0.2) is 5.75 Å². The molecule has 27 heavy (non-hydrogen) atoms. The zero-order valence-electron chi connectivity index (χ0n) is 14.6. The number of carbonyl (C=O) groups excluding carboxylic acids is 4. The Bertz CT molecular complexity index is 876. The minimum absolute atomic E-state index is 0.0235. The minimum atomic E-state index is -0.963. The second-order valence-electron chi connectivity index (χ2n) is 5.03. The molecule has 2 aromatic carbocycles. The van der Waals surface area contributed by atoms with Crippen LogP contribution in [0.25, 0.3) is 0 Å². The molecule has 2 rings (SSSR count). The molecule has 0 aliphatic rings. The van der Waals surface area contributed by atoms with Gasteiger partial charge in [0.1, 0.15) is 5.75 Å². The Kier molecular flexibility index (Phi) is 6.65. The molecular weight excluding hydrogens is 354 g/mol. The van der Waals surface area contributed by atoms with Crippen LogP contribution in [0.1, 0.15) is 28.4 Å². The molecule has 0 saturated heterocycles. The first-order valence-electron chi connectivity index (χ1n) is 7.90. The summed E-state index contributed by atoms with van der Waals surface area (Å²) >= 11 is 0. The van der Waals surface area contributed by atoms with Crippen LogP contribution in [-0.2, 0) is 9.53 Å². The van der Waals surface area contributed by atoms with Crippen LogP contribution in [0.15, 0.2) is 42.5 Å². The second kappa shape index (κ2) is 9.14. The van der Waals surface area contributed by atoms with E-state index in [4.69, 9.17) is 14.2 Å². The van der Waals surface area contributed by atoms with E-state index in [0.717, 1.165) is 0 Å². The highest BCUT2D eigenvalue weighted by atomic mass is 16.7. The molecule has 0 unspecified atom stereocenters. The lowest BCUT2D eigenvalue weighted by Gasteiger charge is -2.13. The van der Waals surface area contributed by atoms with E-state index >= 15 is 0 Å². The van der Waals surface area contributed by atoms with E-state index in [1.165, 1.54) is 37.4 Å². The zero-order chi connectivity index (χ0) is 19.8. The van der Waals surface area contributed by atoms with Gasteiger partial charge in [0, 0.05) is 7.05 Å². The van der Waals surface area contributed by atoms with Crippen molar-refractivity contribution in [3.05, 3.63) is 59.2 Å².